The van der Waals surface area contributed by atoms with Crippen molar-refractivity contribution < 1.29 is 9.90 Å². The number of rotatable bonds is 2. The quantitative estimate of drug-likeness (QED) is 0.727. The Hall–Kier alpha value is -1.47. The zero-order chi connectivity index (χ0) is 10.7. The summed E-state index contributed by atoms with van der Waals surface area (Å²) in [6.07, 6.45) is -0.0745. The van der Waals surface area contributed by atoms with Gasteiger partial charge in [-0.25, -0.2) is 0 Å². The molecule has 14 heavy (non-hydrogen) atoms. The van der Waals surface area contributed by atoms with Crippen molar-refractivity contribution in [1.82, 2.24) is 0 Å². The van der Waals surface area contributed by atoms with Gasteiger partial charge in [-0.1, -0.05) is 0 Å². The molecule has 1 N–H and O–H groups in total. The Bertz CT molecular complexity index is 421. The number of carboxylic acid groups (broad SMARTS) is 1. The van der Waals surface area contributed by atoms with E-state index in [1.54, 1.807) is 19.1 Å². The molecule has 0 aromatic heterocycles. The summed E-state index contributed by atoms with van der Waals surface area (Å²) in [5, 5.41) is 17.4. The second-order valence-electron chi connectivity index (χ2n) is 2.96. The van der Waals surface area contributed by atoms with Crippen LogP contribution in [-0.2, 0) is 11.2 Å². The van der Waals surface area contributed by atoms with Crippen LogP contribution in [0.5, 0.6) is 0 Å². The van der Waals surface area contributed by atoms with Crippen LogP contribution in [-0.4, -0.2) is 11.1 Å². The molecule has 72 valence electrons. The van der Waals surface area contributed by atoms with Gasteiger partial charge in [0.2, 0.25) is 0 Å². The highest BCUT2D eigenvalue weighted by Gasteiger charge is 2.08. The lowest BCUT2D eigenvalue weighted by molar-refractivity contribution is -0.136. The second kappa shape index (κ2) is 4.16. The molecule has 1 aromatic carbocycles. The van der Waals surface area contributed by atoms with Crippen LogP contribution in [0.3, 0.4) is 0 Å². The lowest BCUT2D eigenvalue weighted by Gasteiger charge is -2.05. The minimum atomic E-state index is -0.907. The van der Waals surface area contributed by atoms with Crippen LogP contribution in [0.2, 0.25) is 0 Å². The largest absolute Gasteiger partial charge is 0.481 e. The molecular formula is C10H9NO2S. The van der Waals surface area contributed by atoms with Gasteiger partial charge in [0.1, 0.15) is 0 Å². The molecule has 0 aliphatic carbocycles. The van der Waals surface area contributed by atoms with Gasteiger partial charge in [-0.3, -0.25) is 4.79 Å². The van der Waals surface area contributed by atoms with E-state index in [2.05, 4.69) is 12.6 Å². The normalized spacial score (nSPS) is 9.50. The first kappa shape index (κ1) is 10.6. The highest BCUT2D eigenvalue weighted by molar-refractivity contribution is 7.80. The van der Waals surface area contributed by atoms with Crippen LogP contribution < -0.4 is 0 Å². The van der Waals surface area contributed by atoms with Crippen molar-refractivity contribution in [1.29, 1.82) is 5.26 Å². The molecule has 0 spiro atoms. The summed E-state index contributed by atoms with van der Waals surface area (Å²) in [6.45, 7) is 1.74. The van der Waals surface area contributed by atoms with E-state index in [0.29, 0.717) is 21.6 Å². The minimum absolute atomic E-state index is 0.0745. The molecule has 0 saturated heterocycles. The van der Waals surface area contributed by atoms with Crippen molar-refractivity contribution in [2.24, 2.45) is 0 Å². The standard InChI is InChI=1S/C10H9NO2S/c1-6-7(4-10(12)13)2-9(14)3-8(6)5-11/h2-3,14H,4H2,1H3,(H,12,13). The number of hydrogen-bond donors (Lipinski definition) is 2. The van der Waals surface area contributed by atoms with Gasteiger partial charge in [-0.2, -0.15) is 5.26 Å². The minimum Gasteiger partial charge on any atom is -0.481 e. The van der Waals surface area contributed by atoms with Crippen LogP contribution in [0.15, 0.2) is 17.0 Å². The molecule has 0 atom stereocenters. The predicted molar refractivity (Wildman–Crippen MR) is 54.5 cm³/mol. The van der Waals surface area contributed by atoms with E-state index in [4.69, 9.17) is 10.4 Å². The molecule has 0 bridgehead atoms. The third-order valence-electron chi connectivity index (χ3n) is 1.96. The molecule has 1 rings (SSSR count). The Morgan fingerprint density at radius 1 is 1.64 bits per heavy atom. The second-order valence-corrected chi connectivity index (χ2v) is 3.48. The van der Waals surface area contributed by atoms with E-state index in [1.807, 2.05) is 6.07 Å². The van der Waals surface area contributed by atoms with Crippen molar-refractivity contribution in [3.05, 3.63) is 28.8 Å². The van der Waals surface area contributed by atoms with Crippen molar-refractivity contribution in [2.45, 2.75) is 18.2 Å². The molecular weight excluding hydrogens is 198 g/mol. The van der Waals surface area contributed by atoms with E-state index < -0.39 is 5.97 Å². The number of thiol groups is 1. The summed E-state index contributed by atoms with van der Waals surface area (Å²) < 4.78 is 0. The number of benzene rings is 1. The van der Waals surface area contributed by atoms with Crippen molar-refractivity contribution in [2.75, 3.05) is 0 Å². The zero-order valence-corrected chi connectivity index (χ0v) is 8.51. The number of carbonyl (C=O) groups is 1. The molecule has 4 heteroatoms. The predicted octanol–water partition coefficient (Wildman–Crippen LogP) is 1.78. The van der Waals surface area contributed by atoms with Crippen LogP contribution in [0, 0.1) is 18.3 Å². The first-order valence-electron chi connectivity index (χ1n) is 3.99. The van der Waals surface area contributed by atoms with Crippen molar-refractivity contribution in [3.63, 3.8) is 0 Å². The molecule has 0 saturated carbocycles. The fourth-order valence-corrected chi connectivity index (χ4v) is 1.51. The van der Waals surface area contributed by atoms with Crippen LogP contribution >= 0.6 is 12.6 Å². The maximum atomic E-state index is 10.5. The number of carboxylic acids is 1. The average Bonchev–Trinajstić information content (AvgIpc) is 2.09. The van der Waals surface area contributed by atoms with E-state index in [9.17, 15) is 4.79 Å². The molecule has 0 radical (unpaired) electrons. The lowest BCUT2D eigenvalue weighted by atomic mass is 10.0. The van der Waals surface area contributed by atoms with Crippen LogP contribution in [0.25, 0.3) is 0 Å². The van der Waals surface area contributed by atoms with Gasteiger partial charge in [0.25, 0.3) is 0 Å². The van der Waals surface area contributed by atoms with E-state index in [0.717, 1.165) is 0 Å². The van der Waals surface area contributed by atoms with Gasteiger partial charge < -0.3 is 5.11 Å². The Morgan fingerprint density at radius 3 is 2.79 bits per heavy atom. The molecule has 1 aromatic rings. The Morgan fingerprint density at radius 2 is 2.29 bits per heavy atom. The highest BCUT2D eigenvalue weighted by atomic mass is 32.1. The molecule has 0 fully saturated rings. The molecule has 0 aliphatic heterocycles. The smallest absolute Gasteiger partial charge is 0.307 e. The van der Waals surface area contributed by atoms with Crippen LogP contribution in [0.1, 0.15) is 16.7 Å². The van der Waals surface area contributed by atoms with E-state index >= 15 is 0 Å². The monoisotopic (exact) mass is 207 g/mol. The summed E-state index contributed by atoms with van der Waals surface area (Å²) in [7, 11) is 0. The lowest BCUT2D eigenvalue weighted by Crippen LogP contribution is -2.03. The fourth-order valence-electron chi connectivity index (χ4n) is 1.22. The number of nitriles is 1. The molecule has 0 unspecified atom stereocenters. The highest BCUT2D eigenvalue weighted by Crippen LogP contribution is 2.19. The van der Waals surface area contributed by atoms with E-state index in [1.165, 1.54) is 0 Å². The first-order chi connectivity index (χ1) is 6.54. The summed E-state index contributed by atoms with van der Waals surface area (Å²) in [6, 6.07) is 5.31. The number of nitrogens with zero attached hydrogens (tertiary/aromatic N) is 1. The molecule has 3 nitrogen and oxygen atoms in total. The van der Waals surface area contributed by atoms with Gasteiger partial charge in [-0.05, 0) is 30.2 Å². The van der Waals surface area contributed by atoms with E-state index in [-0.39, 0.29) is 6.42 Å². The van der Waals surface area contributed by atoms with Gasteiger partial charge in [0, 0.05) is 4.90 Å². The Balaban J connectivity index is 3.23. The summed E-state index contributed by atoms with van der Waals surface area (Å²) in [5.74, 6) is -0.907. The van der Waals surface area contributed by atoms with Crippen molar-refractivity contribution in [3.8, 4) is 6.07 Å². The topological polar surface area (TPSA) is 61.1 Å². The van der Waals surface area contributed by atoms with Gasteiger partial charge in [0.05, 0.1) is 18.1 Å². The summed E-state index contributed by atoms with van der Waals surface area (Å²) >= 11 is 4.10. The fraction of sp³-hybridized carbons (Fsp3) is 0.200. The average molecular weight is 207 g/mol. The third kappa shape index (κ3) is 2.27. The number of hydrogen-bond acceptors (Lipinski definition) is 3. The first-order valence-corrected chi connectivity index (χ1v) is 4.43. The van der Waals surface area contributed by atoms with Gasteiger partial charge in [0.15, 0.2) is 0 Å². The summed E-state index contributed by atoms with van der Waals surface area (Å²) in [5.41, 5.74) is 1.84. The van der Waals surface area contributed by atoms with Crippen molar-refractivity contribution >= 4 is 18.6 Å². The maximum absolute atomic E-state index is 10.5. The Kier molecular flexibility index (Phi) is 3.15. The SMILES string of the molecule is Cc1c(C#N)cc(S)cc1CC(=O)O. The summed E-state index contributed by atoms with van der Waals surface area (Å²) in [4.78, 5) is 11.1. The Labute approximate surface area is 87.4 Å². The van der Waals surface area contributed by atoms with Gasteiger partial charge in [-0.15, -0.1) is 12.6 Å². The van der Waals surface area contributed by atoms with Gasteiger partial charge >= 0.3 is 5.97 Å². The maximum Gasteiger partial charge on any atom is 0.307 e. The number of aliphatic carboxylic acids is 1. The third-order valence-corrected chi connectivity index (χ3v) is 2.22. The zero-order valence-electron chi connectivity index (χ0n) is 7.61. The van der Waals surface area contributed by atoms with Crippen LogP contribution in [0.4, 0.5) is 0 Å². The molecule has 0 heterocycles. The molecule has 0 aliphatic rings. The molecule has 0 amide bonds.